The Labute approximate surface area is 155 Å². The Morgan fingerprint density at radius 1 is 1.08 bits per heavy atom. The number of benzene rings is 1. The van der Waals surface area contributed by atoms with Gasteiger partial charge >= 0.3 is 5.97 Å². The first-order chi connectivity index (χ1) is 12.6. The van der Waals surface area contributed by atoms with Crippen LogP contribution >= 0.6 is 0 Å². The van der Waals surface area contributed by atoms with Gasteiger partial charge in [-0.15, -0.1) is 0 Å². The Kier molecular flexibility index (Phi) is 7.91. The van der Waals surface area contributed by atoms with E-state index in [2.05, 4.69) is 0 Å². The number of carbonyl (C=O) groups is 2. The summed E-state index contributed by atoms with van der Waals surface area (Å²) in [6.07, 6.45) is 1.29. The van der Waals surface area contributed by atoms with E-state index in [9.17, 15) is 9.59 Å². The molecule has 1 saturated heterocycles. The predicted molar refractivity (Wildman–Crippen MR) is 98.2 cm³/mol. The molecule has 144 valence electrons. The second-order valence-electron chi connectivity index (χ2n) is 6.21. The second kappa shape index (κ2) is 10.2. The van der Waals surface area contributed by atoms with E-state index in [0.717, 1.165) is 11.3 Å². The molecule has 2 rings (SSSR count). The number of hydrogen-bond donors (Lipinski definition) is 0. The van der Waals surface area contributed by atoms with Gasteiger partial charge in [0.1, 0.15) is 5.75 Å². The minimum Gasteiger partial charge on any atom is -0.494 e. The molecule has 1 aliphatic rings. The molecule has 0 bridgehead atoms. The summed E-state index contributed by atoms with van der Waals surface area (Å²) in [6.45, 7) is 8.78. The topological polar surface area (TPSA) is 65.1 Å². The lowest BCUT2D eigenvalue weighted by Crippen LogP contribution is -2.40. The maximum atomic E-state index is 12.8. The summed E-state index contributed by atoms with van der Waals surface area (Å²) in [6, 6.07) is 5.47. The van der Waals surface area contributed by atoms with Crippen LogP contribution in [0.15, 0.2) is 18.2 Å². The molecule has 0 saturated carbocycles. The first-order valence-corrected chi connectivity index (χ1v) is 9.40. The van der Waals surface area contributed by atoms with Crippen LogP contribution in [0.1, 0.15) is 49.5 Å². The van der Waals surface area contributed by atoms with Crippen LogP contribution in [0.2, 0.25) is 0 Å². The van der Waals surface area contributed by atoms with Gasteiger partial charge in [-0.2, -0.15) is 0 Å². The zero-order chi connectivity index (χ0) is 18.9. The van der Waals surface area contributed by atoms with Crippen LogP contribution in [0.4, 0.5) is 0 Å². The Balaban J connectivity index is 2.04. The van der Waals surface area contributed by atoms with E-state index in [-0.39, 0.29) is 17.8 Å². The number of piperidine rings is 1. The van der Waals surface area contributed by atoms with Gasteiger partial charge in [-0.25, -0.2) is 0 Å². The van der Waals surface area contributed by atoms with Crippen molar-refractivity contribution in [1.82, 2.24) is 4.90 Å². The van der Waals surface area contributed by atoms with Crippen molar-refractivity contribution in [2.24, 2.45) is 5.92 Å². The van der Waals surface area contributed by atoms with Crippen molar-refractivity contribution in [2.75, 3.05) is 32.9 Å². The van der Waals surface area contributed by atoms with E-state index in [1.54, 1.807) is 11.0 Å². The maximum absolute atomic E-state index is 12.8. The third-order valence-corrected chi connectivity index (χ3v) is 4.47. The van der Waals surface area contributed by atoms with E-state index in [1.165, 1.54) is 0 Å². The Morgan fingerprint density at radius 2 is 1.81 bits per heavy atom. The highest BCUT2D eigenvalue weighted by Gasteiger charge is 2.28. The minimum atomic E-state index is -0.153. The molecule has 0 unspecified atom stereocenters. The number of hydrogen-bond acceptors (Lipinski definition) is 5. The van der Waals surface area contributed by atoms with Gasteiger partial charge in [-0.05, 0) is 51.8 Å². The normalized spacial score (nSPS) is 15.0. The van der Waals surface area contributed by atoms with Gasteiger partial charge in [-0.1, -0.05) is 0 Å². The van der Waals surface area contributed by atoms with Crippen LogP contribution in [0.5, 0.6) is 5.75 Å². The zero-order valence-electron chi connectivity index (χ0n) is 16.0. The molecule has 1 heterocycles. The fraction of sp³-hybridized carbons (Fsp3) is 0.600. The fourth-order valence-corrected chi connectivity index (χ4v) is 3.09. The lowest BCUT2D eigenvalue weighted by molar-refractivity contribution is -0.149. The lowest BCUT2D eigenvalue weighted by atomic mass is 9.96. The van der Waals surface area contributed by atoms with Crippen molar-refractivity contribution in [3.8, 4) is 5.75 Å². The zero-order valence-corrected chi connectivity index (χ0v) is 16.0. The standard InChI is InChI=1S/C20H29NO5/c1-4-24-14-17-13-16(7-8-18(17)25-5-2)19(22)21-11-9-15(10-12-21)20(23)26-6-3/h7-8,13,15H,4-6,9-12,14H2,1-3H3. The largest absolute Gasteiger partial charge is 0.494 e. The summed E-state index contributed by atoms with van der Waals surface area (Å²) in [5, 5.41) is 0. The minimum absolute atomic E-state index is 0.0203. The Hall–Kier alpha value is -2.08. The highest BCUT2D eigenvalue weighted by atomic mass is 16.5. The molecule has 0 aromatic heterocycles. The molecule has 0 N–H and O–H groups in total. The molecular weight excluding hydrogens is 334 g/mol. The van der Waals surface area contributed by atoms with Crippen LogP contribution in [0, 0.1) is 5.92 Å². The van der Waals surface area contributed by atoms with E-state index >= 15 is 0 Å². The van der Waals surface area contributed by atoms with Crippen molar-refractivity contribution < 1.29 is 23.8 Å². The molecule has 0 aliphatic carbocycles. The van der Waals surface area contributed by atoms with E-state index in [1.807, 2.05) is 32.9 Å². The van der Waals surface area contributed by atoms with Crippen LogP contribution in [0.3, 0.4) is 0 Å². The van der Waals surface area contributed by atoms with Gasteiger partial charge in [0, 0.05) is 30.8 Å². The first-order valence-electron chi connectivity index (χ1n) is 9.40. The van der Waals surface area contributed by atoms with E-state index in [0.29, 0.717) is 57.9 Å². The predicted octanol–water partition coefficient (Wildman–Crippen LogP) is 3.04. The number of esters is 1. The Bertz CT molecular complexity index is 608. The van der Waals surface area contributed by atoms with Gasteiger partial charge in [-0.3, -0.25) is 9.59 Å². The maximum Gasteiger partial charge on any atom is 0.309 e. The average Bonchev–Trinajstić information content (AvgIpc) is 2.67. The smallest absolute Gasteiger partial charge is 0.309 e. The molecule has 6 nitrogen and oxygen atoms in total. The van der Waals surface area contributed by atoms with Crippen molar-refractivity contribution in [3.05, 3.63) is 29.3 Å². The van der Waals surface area contributed by atoms with Gasteiger partial charge in [0.15, 0.2) is 0 Å². The second-order valence-corrected chi connectivity index (χ2v) is 6.21. The third kappa shape index (κ3) is 5.21. The molecular formula is C20H29NO5. The fourth-order valence-electron chi connectivity index (χ4n) is 3.09. The monoisotopic (exact) mass is 363 g/mol. The van der Waals surface area contributed by atoms with Crippen molar-refractivity contribution >= 4 is 11.9 Å². The molecule has 1 aromatic carbocycles. The summed E-state index contributed by atoms with van der Waals surface area (Å²) in [4.78, 5) is 26.5. The molecule has 1 aromatic rings. The summed E-state index contributed by atoms with van der Waals surface area (Å²) in [7, 11) is 0. The van der Waals surface area contributed by atoms with E-state index < -0.39 is 0 Å². The highest BCUT2D eigenvalue weighted by molar-refractivity contribution is 5.94. The quantitative estimate of drug-likeness (QED) is 0.664. The average molecular weight is 363 g/mol. The van der Waals surface area contributed by atoms with Gasteiger partial charge in [0.2, 0.25) is 0 Å². The number of nitrogens with zero attached hydrogens (tertiary/aromatic N) is 1. The molecule has 1 aliphatic heterocycles. The SMILES string of the molecule is CCOCc1cc(C(=O)N2CCC(C(=O)OCC)CC2)ccc1OCC. The molecule has 6 heteroatoms. The lowest BCUT2D eigenvalue weighted by Gasteiger charge is -2.31. The van der Waals surface area contributed by atoms with Gasteiger partial charge in [0.25, 0.3) is 5.91 Å². The van der Waals surface area contributed by atoms with Crippen LogP contribution in [0.25, 0.3) is 0 Å². The summed E-state index contributed by atoms with van der Waals surface area (Å²) >= 11 is 0. The van der Waals surface area contributed by atoms with Gasteiger partial charge in [0.05, 0.1) is 25.7 Å². The third-order valence-electron chi connectivity index (χ3n) is 4.47. The molecule has 0 spiro atoms. The van der Waals surface area contributed by atoms with E-state index in [4.69, 9.17) is 14.2 Å². The highest BCUT2D eigenvalue weighted by Crippen LogP contribution is 2.24. The number of ether oxygens (including phenoxy) is 3. The molecule has 1 amide bonds. The number of rotatable bonds is 8. The Morgan fingerprint density at radius 3 is 2.42 bits per heavy atom. The molecule has 1 fully saturated rings. The molecule has 0 atom stereocenters. The van der Waals surface area contributed by atoms with Gasteiger partial charge < -0.3 is 19.1 Å². The van der Waals surface area contributed by atoms with Crippen molar-refractivity contribution in [1.29, 1.82) is 0 Å². The van der Waals surface area contributed by atoms with Crippen LogP contribution in [-0.4, -0.2) is 49.7 Å². The molecule has 0 radical (unpaired) electrons. The summed E-state index contributed by atoms with van der Waals surface area (Å²) in [5.74, 6) is 0.471. The first kappa shape index (κ1) is 20.2. The number of amides is 1. The summed E-state index contributed by atoms with van der Waals surface area (Å²) in [5.41, 5.74) is 1.50. The molecule has 26 heavy (non-hydrogen) atoms. The summed E-state index contributed by atoms with van der Waals surface area (Å²) < 4.78 is 16.2. The van der Waals surface area contributed by atoms with Crippen LogP contribution < -0.4 is 4.74 Å². The van der Waals surface area contributed by atoms with Crippen LogP contribution in [-0.2, 0) is 20.9 Å². The van der Waals surface area contributed by atoms with Crippen molar-refractivity contribution in [2.45, 2.75) is 40.2 Å². The number of likely N-dealkylation sites (tertiary alicyclic amines) is 1. The van der Waals surface area contributed by atoms with Crippen molar-refractivity contribution in [3.63, 3.8) is 0 Å². The number of carbonyl (C=O) groups excluding carboxylic acids is 2.